The van der Waals surface area contributed by atoms with Crippen LogP contribution in [0.4, 0.5) is 8.78 Å². The molecule has 4 rings (SSSR count). The van der Waals surface area contributed by atoms with Crippen molar-refractivity contribution in [3.8, 4) is 0 Å². The Labute approximate surface area is 121 Å². The minimum absolute atomic E-state index is 0.0416. The van der Waals surface area contributed by atoms with Crippen molar-refractivity contribution in [3.63, 3.8) is 0 Å². The number of likely N-dealkylation sites (tertiary alicyclic amines) is 1. The zero-order valence-electron chi connectivity index (χ0n) is 11.5. The summed E-state index contributed by atoms with van der Waals surface area (Å²) in [6.45, 7) is 2.75. The monoisotopic (exact) mass is 290 g/mol. The van der Waals surface area contributed by atoms with Gasteiger partial charge < -0.3 is 0 Å². The number of aromatic nitrogens is 3. The van der Waals surface area contributed by atoms with Crippen molar-refractivity contribution < 1.29 is 8.78 Å². The highest BCUT2D eigenvalue weighted by atomic mass is 19.3. The molecule has 110 valence electrons. The van der Waals surface area contributed by atoms with E-state index in [0.717, 1.165) is 37.3 Å². The van der Waals surface area contributed by atoms with E-state index < -0.39 is 6.43 Å². The number of nitrogens with one attached hydrogen (secondary N) is 1. The van der Waals surface area contributed by atoms with Gasteiger partial charge in [-0.25, -0.2) is 8.78 Å². The van der Waals surface area contributed by atoms with Crippen molar-refractivity contribution in [1.82, 2.24) is 20.1 Å². The number of nitrogens with zero attached hydrogens (tertiary/aromatic N) is 3. The molecule has 0 spiro atoms. The third kappa shape index (κ3) is 2.14. The van der Waals surface area contributed by atoms with Crippen molar-refractivity contribution in [1.29, 1.82) is 0 Å². The van der Waals surface area contributed by atoms with Crippen LogP contribution < -0.4 is 0 Å². The van der Waals surface area contributed by atoms with E-state index in [1.165, 1.54) is 5.56 Å². The topological polar surface area (TPSA) is 44.8 Å². The molecule has 0 bridgehead atoms. The van der Waals surface area contributed by atoms with Crippen LogP contribution in [0.5, 0.6) is 0 Å². The van der Waals surface area contributed by atoms with Crippen molar-refractivity contribution in [2.75, 3.05) is 13.1 Å². The lowest BCUT2D eigenvalue weighted by atomic mass is 9.99. The molecule has 0 saturated carbocycles. The first-order chi connectivity index (χ1) is 10.2. The molecule has 2 aliphatic rings. The summed E-state index contributed by atoms with van der Waals surface area (Å²) in [6.07, 6.45) is 1.85. The Morgan fingerprint density at radius 2 is 2.10 bits per heavy atom. The highest BCUT2D eigenvalue weighted by Gasteiger charge is 2.43. The lowest BCUT2D eigenvalue weighted by molar-refractivity contribution is 0.144. The molecule has 2 aromatic heterocycles. The van der Waals surface area contributed by atoms with Crippen LogP contribution in [-0.2, 0) is 13.0 Å². The number of hydrogen-bond donors (Lipinski definition) is 1. The number of H-pyrrole nitrogens is 1. The number of hydrogen-bond acceptors (Lipinski definition) is 3. The Morgan fingerprint density at radius 1 is 1.29 bits per heavy atom. The molecule has 1 aliphatic carbocycles. The Morgan fingerprint density at radius 3 is 2.86 bits per heavy atom. The van der Waals surface area contributed by atoms with E-state index in [1.54, 1.807) is 12.4 Å². The van der Waals surface area contributed by atoms with Gasteiger partial charge in [0.25, 0.3) is 6.43 Å². The standard InChI is InChI=1S/C15H16F2N4/c16-15(17)14-11-5-10-7-21(6-9-1-3-18-4-2-9)8-12(10)13(11)19-20-14/h1-4,10,12,15H,5-8H2,(H,19,20)/t10-,12+/m1/s1. The highest BCUT2D eigenvalue weighted by molar-refractivity contribution is 5.36. The highest BCUT2D eigenvalue weighted by Crippen LogP contribution is 2.44. The second kappa shape index (κ2) is 4.87. The van der Waals surface area contributed by atoms with Crippen molar-refractivity contribution >= 4 is 0 Å². The molecule has 0 unspecified atom stereocenters. The minimum atomic E-state index is -2.48. The summed E-state index contributed by atoms with van der Waals surface area (Å²) in [5.74, 6) is 0.760. The van der Waals surface area contributed by atoms with E-state index >= 15 is 0 Å². The average Bonchev–Trinajstić information content (AvgIpc) is 3.10. The molecular formula is C15H16F2N4. The van der Waals surface area contributed by atoms with E-state index in [0.29, 0.717) is 11.8 Å². The van der Waals surface area contributed by atoms with Crippen molar-refractivity contribution in [2.24, 2.45) is 5.92 Å². The first kappa shape index (κ1) is 12.9. The molecule has 1 N–H and O–H groups in total. The molecule has 6 heteroatoms. The van der Waals surface area contributed by atoms with Gasteiger partial charge in [-0.1, -0.05) is 0 Å². The maximum atomic E-state index is 12.9. The van der Waals surface area contributed by atoms with Crippen LogP contribution in [0, 0.1) is 5.92 Å². The lowest BCUT2D eigenvalue weighted by Gasteiger charge is -2.16. The third-order valence-corrected chi connectivity index (χ3v) is 4.65. The van der Waals surface area contributed by atoms with Gasteiger partial charge >= 0.3 is 0 Å². The Bertz CT molecular complexity index is 640. The van der Waals surface area contributed by atoms with E-state index in [-0.39, 0.29) is 5.69 Å². The molecule has 1 saturated heterocycles. The first-order valence-corrected chi connectivity index (χ1v) is 7.19. The summed E-state index contributed by atoms with van der Waals surface area (Å²) in [4.78, 5) is 6.41. The summed E-state index contributed by atoms with van der Waals surface area (Å²) in [5.41, 5.74) is 2.90. The van der Waals surface area contributed by atoms with Crippen LogP contribution >= 0.6 is 0 Å². The van der Waals surface area contributed by atoms with Crippen LogP contribution in [0.15, 0.2) is 24.5 Å². The molecule has 0 radical (unpaired) electrons. The summed E-state index contributed by atoms with van der Waals surface area (Å²) in [7, 11) is 0. The number of rotatable bonds is 3. The third-order valence-electron chi connectivity index (χ3n) is 4.65. The van der Waals surface area contributed by atoms with Gasteiger partial charge in [-0.15, -0.1) is 0 Å². The molecule has 1 aliphatic heterocycles. The second-order valence-corrected chi connectivity index (χ2v) is 5.92. The van der Waals surface area contributed by atoms with Crippen LogP contribution in [0.1, 0.15) is 34.9 Å². The van der Waals surface area contributed by atoms with Gasteiger partial charge in [0.15, 0.2) is 0 Å². The van der Waals surface area contributed by atoms with Gasteiger partial charge in [0.2, 0.25) is 0 Å². The fourth-order valence-electron chi connectivity index (χ4n) is 3.73. The van der Waals surface area contributed by atoms with Gasteiger partial charge in [-0.2, -0.15) is 5.10 Å². The van der Waals surface area contributed by atoms with E-state index in [4.69, 9.17) is 0 Å². The molecule has 2 atom stereocenters. The molecule has 2 aromatic rings. The molecule has 3 heterocycles. The summed E-state index contributed by atoms with van der Waals surface area (Å²) < 4.78 is 25.8. The van der Waals surface area contributed by atoms with Crippen molar-refractivity contribution in [3.05, 3.63) is 47.0 Å². The van der Waals surface area contributed by atoms with E-state index in [9.17, 15) is 8.78 Å². The van der Waals surface area contributed by atoms with E-state index in [2.05, 4.69) is 20.1 Å². The SMILES string of the molecule is FC(F)c1n[nH]c2c1C[C@@H]1CN(Cc3ccncc3)C[C@H]21. The number of fused-ring (bicyclic) bond motifs is 3. The predicted octanol–water partition coefficient (Wildman–Crippen LogP) is 2.51. The number of aromatic amines is 1. The average molecular weight is 290 g/mol. The summed E-state index contributed by atoms with van der Waals surface area (Å²) in [6, 6.07) is 4.04. The normalized spacial score (nSPS) is 24.5. The molecule has 0 amide bonds. The maximum absolute atomic E-state index is 12.9. The van der Waals surface area contributed by atoms with Crippen LogP contribution in [0.2, 0.25) is 0 Å². The van der Waals surface area contributed by atoms with Gasteiger partial charge in [0.1, 0.15) is 5.69 Å². The Kier molecular flexibility index (Phi) is 2.99. The number of halogens is 2. The molecule has 0 aromatic carbocycles. The fraction of sp³-hybridized carbons (Fsp3) is 0.467. The van der Waals surface area contributed by atoms with Gasteiger partial charge in [0, 0.05) is 49.2 Å². The molecule has 1 fully saturated rings. The smallest absolute Gasteiger partial charge is 0.282 e. The van der Waals surface area contributed by atoms with Crippen LogP contribution in [-0.4, -0.2) is 33.2 Å². The maximum Gasteiger partial charge on any atom is 0.282 e. The summed E-state index contributed by atoms with van der Waals surface area (Å²) >= 11 is 0. The van der Waals surface area contributed by atoms with E-state index in [1.807, 2.05) is 12.1 Å². The fourth-order valence-corrected chi connectivity index (χ4v) is 3.73. The lowest BCUT2D eigenvalue weighted by Crippen LogP contribution is -2.21. The largest absolute Gasteiger partial charge is 0.298 e. The van der Waals surface area contributed by atoms with Crippen LogP contribution in [0.3, 0.4) is 0 Å². The second-order valence-electron chi connectivity index (χ2n) is 5.92. The van der Waals surface area contributed by atoms with Crippen molar-refractivity contribution in [2.45, 2.75) is 25.3 Å². The minimum Gasteiger partial charge on any atom is -0.298 e. The summed E-state index contributed by atoms with van der Waals surface area (Å²) in [5, 5.41) is 6.66. The van der Waals surface area contributed by atoms with Crippen LogP contribution in [0.25, 0.3) is 0 Å². The molecule has 21 heavy (non-hydrogen) atoms. The Hall–Kier alpha value is -1.82. The first-order valence-electron chi connectivity index (χ1n) is 7.19. The van der Waals surface area contributed by atoms with Gasteiger partial charge in [-0.05, 0) is 30.0 Å². The zero-order valence-corrected chi connectivity index (χ0v) is 11.5. The number of pyridine rings is 1. The quantitative estimate of drug-likeness (QED) is 0.944. The molecular weight excluding hydrogens is 274 g/mol. The predicted molar refractivity (Wildman–Crippen MR) is 73.0 cm³/mol. The van der Waals surface area contributed by atoms with Gasteiger partial charge in [-0.3, -0.25) is 15.0 Å². The molecule has 4 nitrogen and oxygen atoms in total. The van der Waals surface area contributed by atoms with Gasteiger partial charge in [0.05, 0.1) is 0 Å². The zero-order chi connectivity index (χ0) is 14.4. The number of alkyl halides is 2. The Balaban J connectivity index is 1.50.